The van der Waals surface area contributed by atoms with E-state index in [1.165, 1.54) is 17.9 Å². The zero-order valence-corrected chi connectivity index (χ0v) is 17.2. The van der Waals surface area contributed by atoms with Gasteiger partial charge >= 0.3 is 0 Å². The van der Waals surface area contributed by atoms with Gasteiger partial charge in [-0.05, 0) is 43.5 Å². The molecular weight excluding hydrogens is 420 g/mol. The van der Waals surface area contributed by atoms with Crippen molar-refractivity contribution in [2.75, 3.05) is 19.0 Å². The molecule has 1 heterocycles. The first-order valence-corrected chi connectivity index (χ1v) is 10.00. The molecule has 0 bridgehead atoms. The molecule has 0 unspecified atom stereocenters. The quantitative estimate of drug-likeness (QED) is 0.511. The molecule has 10 heteroatoms. The average molecular weight is 441 g/mol. The highest BCUT2D eigenvalue weighted by Gasteiger charge is 2.27. The molecule has 1 aliphatic carbocycles. The molecule has 1 aliphatic rings. The van der Waals surface area contributed by atoms with Crippen LogP contribution >= 0.6 is 0 Å². The number of carbonyl (C=O) groups excluding carboxylic acids is 2. The number of hydrazine groups is 1. The van der Waals surface area contributed by atoms with Gasteiger partial charge in [-0.25, -0.2) is 13.5 Å². The van der Waals surface area contributed by atoms with Crippen molar-refractivity contribution < 1.29 is 23.1 Å². The molecule has 3 aromatic rings. The Kier molecular flexibility index (Phi) is 6.02. The van der Waals surface area contributed by atoms with Gasteiger partial charge < -0.3 is 10.1 Å². The minimum absolute atomic E-state index is 0.0952. The van der Waals surface area contributed by atoms with Gasteiger partial charge in [0.2, 0.25) is 0 Å². The molecule has 4 rings (SSSR count). The summed E-state index contributed by atoms with van der Waals surface area (Å²) in [5.41, 5.74) is 7.31. The molecule has 8 nitrogen and oxygen atoms in total. The van der Waals surface area contributed by atoms with Gasteiger partial charge in [-0.15, -0.1) is 0 Å². The minimum Gasteiger partial charge on any atom is -0.495 e. The maximum Gasteiger partial charge on any atom is 0.290 e. The first-order chi connectivity index (χ1) is 15.5. The van der Waals surface area contributed by atoms with Crippen molar-refractivity contribution in [1.82, 2.24) is 20.6 Å². The monoisotopic (exact) mass is 441 g/mol. The SMILES string of the molecule is COc1ccccc1NCC(=O)NNC(=O)c1nn(-c2ccc(F)c(F)c2)c2c1CCC2. The molecule has 2 aromatic carbocycles. The van der Waals surface area contributed by atoms with Gasteiger partial charge in [0.25, 0.3) is 11.8 Å². The second-order valence-corrected chi connectivity index (χ2v) is 7.19. The van der Waals surface area contributed by atoms with Crippen molar-refractivity contribution in [3.8, 4) is 11.4 Å². The Balaban J connectivity index is 1.42. The molecule has 3 N–H and O–H groups in total. The number of fused-ring (bicyclic) bond motifs is 1. The third-order valence-electron chi connectivity index (χ3n) is 5.15. The summed E-state index contributed by atoms with van der Waals surface area (Å²) in [4.78, 5) is 24.8. The Bertz CT molecular complexity index is 1180. The van der Waals surface area contributed by atoms with Crippen molar-refractivity contribution in [2.45, 2.75) is 19.3 Å². The summed E-state index contributed by atoms with van der Waals surface area (Å²) < 4.78 is 33.6. The lowest BCUT2D eigenvalue weighted by molar-refractivity contribution is -0.120. The maximum absolute atomic E-state index is 13.7. The summed E-state index contributed by atoms with van der Waals surface area (Å²) in [5, 5.41) is 7.23. The zero-order valence-electron chi connectivity index (χ0n) is 17.2. The van der Waals surface area contributed by atoms with Crippen molar-refractivity contribution in [3.05, 3.63) is 71.1 Å². The number of hydrogen-bond donors (Lipinski definition) is 3. The van der Waals surface area contributed by atoms with Crippen LogP contribution in [0.2, 0.25) is 0 Å². The molecule has 32 heavy (non-hydrogen) atoms. The number of nitrogens with zero attached hydrogens (tertiary/aromatic N) is 2. The summed E-state index contributed by atoms with van der Waals surface area (Å²) >= 11 is 0. The van der Waals surface area contributed by atoms with Gasteiger partial charge in [0, 0.05) is 17.3 Å². The van der Waals surface area contributed by atoms with Crippen LogP contribution in [0.15, 0.2) is 42.5 Å². The number of rotatable bonds is 6. The van der Waals surface area contributed by atoms with Crippen LogP contribution in [0.25, 0.3) is 5.69 Å². The Morgan fingerprint density at radius 1 is 1.09 bits per heavy atom. The number of para-hydroxylation sites is 2. The lowest BCUT2D eigenvalue weighted by Gasteiger charge is -2.11. The molecular formula is C22H21F2N5O3. The summed E-state index contributed by atoms with van der Waals surface area (Å²) in [5.74, 6) is -2.43. The van der Waals surface area contributed by atoms with E-state index in [2.05, 4.69) is 21.3 Å². The number of carbonyl (C=O) groups is 2. The largest absolute Gasteiger partial charge is 0.495 e. The van der Waals surface area contributed by atoms with Crippen molar-refractivity contribution in [1.29, 1.82) is 0 Å². The number of nitrogens with one attached hydrogen (secondary N) is 3. The second-order valence-electron chi connectivity index (χ2n) is 7.19. The van der Waals surface area contributed by atoms with E-state index in [1.54, 1.807) is 18.2 Å². The zero-order chi connectivity index (χ0) is 22.7. The number of amides is 2. The molecule has 0 fully saturated rings. The van der Waals surface area contributed by atoms with E-state index in [0.717, 1.165) is 29.8 Å². The highest BCUT2D eigenvalue weighted by Crippen LogP contribution is 2.28. The summed E-state index contributed by atoms with van der Waals surface area (Å²) in [6.45, 7) is -0.0952. The van der Waals surface area contributed by atoms with Crippen molar-refractivity contribution in [3.63, 3.8) is 0 Å². The number of methoxy groups -OCH3 is 1. The van der Waals surface area contributed by atoms with Gasteiger partial charge in [0.05, 0.1) is 25.0 Å². The average Bonchev–Trinajstić information content (AvgIpc) is 3.41. The first kappa shape index (κ1) is 21.3. The fourth-order valence-corrected chi connectivity index (χ4v) is 3.65. The van der Waals surface area contributed by atoms with Crippen LogP contribution in [-0.2, 0) is 17.6 Å². The molecule has 0 saturated heterocycles. The topological polar surface area (TPSA) is 97.3 Å². The van der Waals surface area contributed by atoms with E-state index in [9.17, 15) is 18.4 Å². The number of benzene rings is 2. The number of halogens is 2. The minimum atomic E-state index is -0.995. The van der Waals surface area contributed by atoms with Crippen molar-refractivity contribution >= 4 is 17.5 Å². The number of ether oxygens (including phenoxy) is 1. The standard InChI is InChI=1S/C22H21F2N5O3/c1-32-19-8-3-2-6-17(19)25-12-20(30)26-27-22(31)21-14-5-4-7-18(14)29(28-21)13-9-10-15(23)16(24)11-13/h2-3,6,8-11,25H,4-5,7,12H2,1H3,(H,26,30)(H,27,31). The highest BCUT2D eigenvalue weighted by atomic mass is 19.2. The number of aromatic nitrogens is 2. The van der Waals surface area contributed by atoms with Crippen LogP contribution in [0.4, 0.5) is 14.5 Å². The van der Waals surface area contributed by atoms with Crippen LogP contribution in [-0.4, -0.2) is 35.2 Å². The van der Waals surface area contributed by atoms with Gasteiger partial charge in [0.15, 0.2) is 17.3 Å². The Morgan fingerprint density at radius 3 is 2.69 bits per heavy atom. The molecule has 0 spiro atoms. The molecule has 0 radical (unpaired) electrons. The summed E-state index contributed by atoms with van der Waals surface area (Å²) in [7, 11) is 1.53. The Labute approximate surface area is 182 Å². The molecule has 1 aromatic heterocycles. The molecule has 0 saturated carbocycles. The predicted octanol–water partition coefficient (Wildman–Crippen LogP) is 2.52. The van der Waals surface area contributed by atoms with E-state index in [4.69, 9.17) is 4.74 Å². The van der Waals surface area contributed by atoms with E-state index >= 15 is 0 Å². The molecule has 166 valence electrons. The van der Waals surface area contributed by atoms with E-state index < -0.39 is 23.4 Å². The number of anilines is 1. The Morgan fingerprint density at radius 2 is 1.91 bits per heavy atom. The third kappa shape index (κ3) is 4.25. The summed E-state index contributed by atoms with van der Waals surface area (Å²) in [6, 6.07) is 10.6. The van der Waals surface area contributed by atoms with Gasteiger partial charge in [-0.2, -0.15) is 5.10 Å². The highest BCUT2D eigenvalue weighted by molar-refractivity contribution is 5.95. The van der Waals surface area contributed by atoms with Gasteiger partial charge in [0.1, 0.15) is 5.75 Å². The van der Waals surface area contributed by atoms with Crippen LogP contribution < -0.4 is 20.9 Å². The fraction of sp³-hybridized carbons (Fsp3) is 0.227. The smallest absolute Gasteiger partial charge is 0.290 e. The van der Waals surface area contributed by atoms with Crippen LogP contribution in [0.3, 0.4) is 0 Å². The molecule has 0 atom stereocenters. The predicted molar refractivity (Wildman–Crippen MR) is 113 cm³/mol. The normalized spacial score (nSPS) is 12.2. The molecule has 0 aliphatic heterocycles. The fourth-order valence-electron chi connectivity index (χ4n) is 3.65. The summed E-state index contributed by atoms with van der Waals surface area (Å²) in [6.07, 6.45) is 2.10. The lowest BCUT2D eigenvalue weighted by atomic mass is 10.2. The maximum atomic E-state index is 13.7. The third-order valence-corrected chi connectivity index (χ3v) is 5.15. The van der Waals surface area contributed by atoms with Gasteiger partial charge in [-0.3, -0.25) is 20.4 Å². The number of hydrogen-bond acceptors (Lipinski definition) is 5. The lowest BCUT2D eigenvalue weighted by Crippen LogP contribution is -2.44. The van der Waals surface area contributed by atoms with Gasteiger partial charge in [-0.1, -0.05) is 12.1 Å². The second kappa shape index (κ2) is 9.04. The Hall–Kier alpha value is -3.95. The molecule has 2 amide bonds. The van der Waals surface area contributed by atoms with Crippen LogP contribution in [0, 0.1) is 11.6 Å². The van der Waals surface area contributed by atoms with Crippen LogP contribution in [0.5, 0.6) is 5.75 Å². The van der Waals surface area contributed by atoms with E-state index in [-0.39, 0.29) is 12.2 Å². The van der Waals surface area contributed by atoms with Crippen LogP contribution in [0.1, 0.15) is 28.2 Å². The first-order valence-electron chi connectivity index (χ1n) is 10.00. The van der Waals surface area contributed by atoms with E-state index in [0.29, 0.717) is 30.0 Å². The van der Waals surface area contributed by atoms with Crippen molar-refractivity contribution in [2.24, 2.45) is 0 Å². The van der Waals surface area contributed by atoms with E-state index in [1.807, 2.05) is 6.07 Å².